The van der Waals surface area contributed by atoms with E-state index in [1.54, 1.807) is 0 Å². The molecule has 1 saturated carbocycles. The van der Waals surface area contributed by atoms with Gasteiger partial charge in [0.15, 0.2) is 0 Å². The van der Waals surface area contributed by atoms with Crippen molar-refractivity contribution in [1.29, 1.82) is 0 Å². The van der Waals surface area contributed by atoms with Crippen LogP contribution in [-0.4, -0.2) is 17.8 Å². The molecule has 2 aromatic rings. The van der Waals surface area contributed by atoms with Crippen LogP contribution in [0.4, 0.5) is 30.7 Å². The molecule has 0 heterocycles. The molecule has 0 bridgehead atoms. The molecular weight excluding hydrogens is 417 g/mol. The molecule has 0 amide bonds. The van der Waals surface area contributed by atoms with E-state index < -0.39 is 42.0 Å². The first-order chi connectivity index (χ1) is 14.0. The topological polar surface area (TPSA) is 29.5 Å². The van der Waals surface area contributed by atoms with Crippen molar-refractivity contribution in [2.45, 2.75) is 43.8 Å². The molecule has 1 aliphatic carbocycles. The fraction of sp³-hybridized carbons (Fsp3) is 0.429. The van der Waals surface area contributed by atoms with Gasteiger partial charge in [0, 0.05) is 12.5 Å². The summed E-state index contributed by atoms with van der Waals surface area (Å²) in [5, 5.41) is 9.63. The van der Waals surface area contributed by atoms with E-state index in [0.29, 0.717) is 30.5 Å². The number of halogens is 7. The zero-order chi connectivity index (χ0) is 22.1. The highest BCUT2D eigenvalue weighted by Crippen LogP contribution is 2.42. The van der Waals surface area contributed by atoms with Crippen molar-refractivity contribution in [2.75, 3.05) is 6.61 Å². The standard InChI is InChI=1S/C21H19F7O2/c22-17-4-1-13(2-5-17)19-14(10-29)3-6-18(19)30-11-12-7-15(20(23,24)25)9-16(8-12)21(26,27)28/h1-2,4-5,7-9,14,18-19,29H,3,6,10-11H2. The lowest BCUT2D eigenvalue weighted by Gasteiger charge is -2.25. The quantitative estimate of drug-likeness (QED) is 0.589. The predicted molar refractivity (Wildman–Crippen MR) is 94.0 cm³/mol. The number of aliphatic hydroxyl groups excluding tert-OH is 1. The van der Waals surface area contributed by atoms with Crippen molar-refractivity contribution >= 4 is 0 Å². The molecule has 3 unspecified atom stereocenters. The predicted octanol–water partition coefficient (Wildman–Crippen LogP) is 5.93. The lowest BCUT2D eigenvalue weighted by Crippen LogP contribution is -2.22. The third-order valence-corrected chi connectivity index (χ3v) is 5.33. The Morgan fingerprint density at radius 1 is 0.867 bits per heavy atom. The number of benzene rings is 2. The zero-order valence-electron chi connectivity index (χ0n) is 15.6. The lowest BCUT2D eigenvalue weighted by molar-refractivity contribution is -0.143. The van der Waals surface area contributed by atoms with E-state index in [-0.39, 0.29) is 30.1 Å². The highest BCUT2D eigenvalue weighted by Gasteiger charge is 2.39. The largest absolute Gasteiger partial charge is 0.416 e. The monoisotopic (exact) mass is 436 g/mol. The zero-order valence-corrected chi connectivity index (χ0v) is 15.6. The van der Waals surface area contributed by atoms with Crippen molar-refractivity contribution in [3.8, 4) is 0 Å². The van der Waals surface area contributed by atoms with Crippen molar-refractivity contribution in [2.24, 2.45) is 5.92 Å². The molecule has 9 heteroatoms. The van der Waals surface area contributed by atoms with Crippen LogP contribution in [-0.2, 0) is 23.7 Å². The van der Waals surface area contributed by atoms with Crippen LogP contribution in [0.25, 0.3) is 0 Å². The van der Waals surface area contributed by atoms with E-state index in [1.807, 2.05) is 0 Å². The SMILES string of the molecule is OCC1CCC(OCc2cc(C(F)(F)F)cc(C(F)(F)F)c2)C1c1ccc(F)cc1. The Bertz CT molecular complexity index is 827. The van der Waals surface area contributed by atoms with E-state index in [1.165, 1.54) is 24.3 Å². The molecule has 0 saturated heterocycles. The third kappa shape index (κ3) is 5.13. The van der Waals surface area contributed by atoms with Gasteiger partial charge in [-0.05, 0) is 60.2 Å². The summed E-state index contributed by atoms with van der Waals surface area (Å²) in [6.45, 7) is -0.614. The number of hydrogen-bond donors (Lipinski definition) is 1. The Hall–Kier alpha value is -2.13. The van der Waals surface area contributed by atoms with Gasteiger partial charge < -0.3 is 9.84 Å². The maximum Gasteiger partial charge on any atom is 0.416 e. The maximum atomic E-state index is 13.2. The highest BCUT2D eigenvalue weighted by molar-refractivity contribution is 5.33. The summed E-state index contributed by atoms with van der Waals surface area (Å²) in [6, 6.07) is 6.93. The van der Waals surface area contributed by atoms with Gasteiger partial charge in [-0.2, -0.15) is 26.3 Å². The Labute approximate surface area is 168 Å². The first-order valence-corrected chi connectivity index (χ1v) is 9.25. The van der Waals surface area contributed by atoms with Gasteiger partial charge in [0.1, 0.15) is 5.82 Å². The number of alkyl halides is 6. The van der Waals surface area contributed by atoms with Crippen LogP contribution in [0.5, 0.6) is 0 Å². The Kier molecular flexibility index (Phi) is 6.43. The van der Waals surface area contributed by atoms with Gasteiger partial charge in [0.25, 0.3) is 0 Å². The summed E-state index contributed by atoms with van der Waals surface area (Å²) in [5.41, 5.74) is -2.35. The first kappa shape index (κ1) is 22.6. The van der Waals surface area contributed by atoms with Crippen LogP contribution < -0.4 is 0 Å². The van der Waals surface area contributed by atoms with Crippen molar-refractivity contribution in [1.82, 2.24) is 0 Å². The average Bonchev–Trinajstić information content (AvgIpc) is 3.08. The van der Waals surface area contributed by atoms with Crippen LogP contribution in [0.1, 0.15) is 41.0 Å². The van der Waals surface area contributed by atoms with Gasteiger partial charge in [0.2, 0.25) is 0 Å². The second kappa shape index (κ2) is 8.55. The third-order valence-electron chi connectivity index (χ3n) is 5.33. The van der Waals surface area contributed by atoms with Crippen LogP contribution in [0.15, 0.2) is 42.5 Å². The molecule has 0 aliphatic heterocycles. The van der Waals surface area contributed by atoms with Gasteiger partial charge >= 0.3 is 12.4 Å². The first-order valence-electron chi connectivity index (χ1n) is 9.25. The summed E-state index contributed by atoms with van der Waals surface area (Å²) in [6.07, 6.45) is -9.35. The molecule has 3 rings (SSSR count). The minimum Gasteiger partial charge on any atom is -0.396 e. The molecule has 1 aliphatic rings. The molecule has 0 radical (unpaired) electrons. The normalized spacial score (nSPS) is 22.5. The lowest BCUT2D eigenvalue weighted by atomic mass is 9.88. The van der Waals surface area contributed by atoms with E-state index in [9.17, 15) is 35.8 Å². The van der Waals surface area contributed by atoms with Gasteiger partial charge in [-0.3, -0.25) is 0 Å². The highest BCUT2D eigenvalue weighted by atomic mass is 19.4. The summed E-state index contributed by atoms with van der Waals surface area (Å²) in [7, 11) is 0. The summed E-state index contributed by atoms with van der Waals surface area (Å²) in [4.78, 5) is 0. The molecule has 0 aromatic heterocycles. The Balaban J connectivity index is 1.83. The van der Waals surface area contributed by atoms with E-state index in [0.717, 1.165) is 0 Å². The van der Waals surface area contributed by atoms with E-state index in [4.69, 9.17) is 4.74 Å². The summed E-state index contributed by atoms with van der Waals surface area (Å²) >= 11 is 0. The molecular formula is C21H19F7O2. The van der Waals surface area contributed by atoms with Gasteiger partial charge in [0.05, 0.1) is 23.8 Å². The fourth-order valence-electron chi connectivity index (χ4n) is 3.91. The average molecular weight is 436 g/mol. The molecule has 1 fully saturated rings. The van der Waals surface area contributed by atoms with Crippen LogP contribution in [0.2, 0.25) is 0 Å². The Morgan fingerprint density at radius 2 is 1.43 bits per heavy atom. The van der Waals surface area contributed by atoms with Crippen molar-refractivity contribution in [3.63, 3.8) is 0 Å². The second-order valence-corrected chi connectivity index (χ2v) is 7.36. The van der Waals surface area contributed by atoms with E-state index in [2.05, 4.69) is 0 Å². The minimum atomic E-state index is -4.93. The van der Waals surface area contributed by atoms with Crippen LogP contribution >= 0.6 is 0 Å². The molecule has 1 N–H and O–H groups in total. The number of hydrogen-bond acceptors (Lipinski definition) is 2. The number of rotatable bonds is 5. The van der Waals surface area contributed by atoms with Crippen molar-refractivity contribution < 1.29 is 40.6 Å². The van der Waals surface area contributed by atoms with Gasteiger partial charge in [-0.1, -0.05) is 12.1 Å². The maximum absolute atomic E-state index is 13.2. The number of aliphatic hydroxyl groups is 1. The fourth-order valence-corrected chi connectivity index (χ4v) is 3.91. The minimum absolute atomic E-state index is 0.0716. The molecule has 2 aromatic carbocycles. The summed E-state index contributed by atoms with van der Waals surface area (Å²) in [5.74, 6) is -0.991. The molecule has 3 atom stereocenters. The second-order valence-electron chi connectivity index (χ2n) is 7.36. The summed E-state index contributed by atoms with van der Waals surface area (Å²) < 4.78 is 97.1. The molecule has 164 valence electrons. The molecule has 0 spiro atoms. The molecule has 30 heavy (non-hydrogen) atoms. The smallest absolute Gasteiger partial charge is 0.396 e. The molecule has 2 nitrogen and oxygen atoms in total. The van der Waals surface area contributed by atoms with Crippen LogP contribution in [0.3, 0.4) is 0 Å². The van der Waals surface area contributed by atoms with Gasteiger partial charge in [-0.15, -0.1) is 0 Å². The Morgan fingerprint density at radius 3 is 1.93 bits per heavy atom. The van der Waals surface area contributed by atoms with Crippen LogP contribution in [0, 0.1) is 11.7 Å². The van der Waals surface area contributed by atoms with Gasteiger partial charge in [-0.25, -0.2) is 4.39 Å². The van der Waals surface area contributed by atoms with E-state index >= 15 is 0 Å². The van der Waals surface area contributed by atoms with Crippen molar-refractivity contribution in [3.05, 3.63) is 70.5 Å². The number of ether oxygens (including phenoxy) is 1.